The topological polar surface area (TPSA) is 90.4 Å². The molecule has 1 aliphatic heterocycles. The summed E-state index contributed by atoms with van der Waals surface area (Å²) in [5.74, 6) is 1.06. The number of halogens is 4. The van der Waals surface area contributed by atoms with E-state index in [4.69, 9.17) is 0 Å². The molecule has 0 fully saturated rings. The minimum Gasteiger partial charge on any atom is -0.370 e. The Morgan fingerprint density at radius 2 is 1.97 bits per heavy atom. The lowest BCUT2D eigenvalue weighted by Gasteiger charge is -2.24. The molecule has 1 unspecified atom stereocenters. The fraction of sp³-hybridized carbons (Fsp3) is 0.409. The van der Waals surface area contributed by atoms with E-state index in [0.29, 0.717) is 50.8 Å². The Balaban J connectivity index is 0.00000385. The summed E-state index contributed by atoms with van der Waals surface area (Å²) in [7, 11) is 0. The highest BCUT2D eigenvalue weighted by molar-refractivity contribution is 14.0. The van der Waals surface area contributed by atoms with Crippen molar-refractivity contribution in [2.75, 3.05) is 36.8 Å². The quantitative estimate of drug-likeness (QED) is 0.164. The Labute approximate surface area is 208 Å². The number of fused-ring (bicyclic) bond motifs is 1. The third-order valence-electron chi connectivity index (χ3n) is 4.96. The normalized spacial score (nSPS) is 15.7. The van der Waals surface area contributed by atoms with Crippen LogP contribution in [-0.2, 0) is 11.0 Å². The van der Waals surface area contributed by atoms with Gasteiger partial charge in [0.15, 0.2) is 5.96 Å². The molecule has 11 heteroatoms. The maximum atomic E-state index is 12.6. The number of anilines is 2. The summed E-state index contributed by atoms with van der Waals surface area (Å²) in [6, 6.07) is 10.1. The second-order valence-electron chi connectivity index (χ2n) is 7.39. The van der Waals surface area contributed by atoms with Gasteiger partial charge in [-0.25, -0.2) is 4.98 Å². The number of hydrogen-bond acceptors (Lipinski definition) is 4. The number of nitrogens with one attached hydrogen (secondary N) is 4. The summed E-state index contributed by atoms with van der Waals surface area (Å²) in [6.07, 6.45) is -2.47. The van der Waals surface area contributed by atoms with Gasteiger partial charge in [-0.15, -0.1) is 24.0 Å². The van der Waals surface area contributed by atoms with E-state index in [1.54, 1.807) is 0 Å². The van der Waals surface area contributed by atoms with Crippen molar-refractivity contribution in [3.8, 4) is 0 Å². The van der Waals surface area contributed by atoms with Crippen LogP contribution in [0.15, 0.2) is 47.6 Å². The molecule has 0 bridgehead atoms. The molecule has 0 aliphatic carbocycles. The number of benzene rings is 1. The van der Waals surface area contributed by atoms with Gasteiger partial charge in [-0.2, -0.15) is 13.2 Å². The molecular weight excluding hydrogens is 548 g/mol. The van der Waals surface area contributed by atoms with Crippen molar-refractivity contribution in [1.82, 2.24) is 15.6 Å². The fourth-order valence-electron chi connectivity index (χ4n) is 3.39. The minimum atomic E-state index is -4.39. The largest absolute Gasteiger partial charge is 0.417 e. The zero-order valence-corrected chi connectivity index (χ0v) is 20.5. The van der Waals surface area contributed by atoms with Gasteiger partial charge in [-0.3, -0.25) is 9.79 Å². The van der Waals surface area contributed by atoms with Gasteiger partial charge in [-0.1, -0.05) is 18.2 Å². The molecular formula is C22H28F3IN6O. The first-order chi connectivity index (χ1) is 15.4. The zero-order chi connectivity index (χ0) is 23.0. The maximum absolute atomic E-state index is 12.6. The molecule has 0 saturated carbocycles. The molecule has 1 aromatic carbocycles. The van der Waals surface area contributed by atoms with E-state index in [9.17, 15) is 18.0 Å². The van der Waals surface area contributed by atoms with Gasteiger partial charge in [-0.05, 0) is 37.1 Å². The molecule has 180 valence electrons. The Morgan fingerprint density at radius 3 is 2.67 bits per heavy atom. The van der Waals surface area contributed by atoms with Crippen LogP contribution in [0.3, 0.4) is 0 Å². The molecule has 3 rings (SSSR count). The number of pyridine rings is 1. The number of carbonyl (C=O) groups is 1. The first-order valence-corrected chi connectivity index (χ1v) is 10.5. The first kappa shape index (κ1) is 26.7. The number of carbonyl (C=O) groups excluding carboxylic acids is 1. The first-order valence-electron chi connectivity index (χ1n) is 10.5. The lowest BCUT2D eigenvalue weighted by Crippen LogP contribution is -2.38. The summed E-state index contributed by atoms with van der Waals surface area (Å²) < 4.78 is 37.7. The lowest BCUT2D eigenvalue weighted by molar-refractivity contribution is -0.137. The van der Waals surface area contributed by atoms with Crippen molar-refractivity contribution in [2.24, 2.45) is 4.99 Å². The summed E-state index contributed by atoms with van der Waals surface area (Å²) >= 11 is 0. The van der Waals surface area contributed by atoms with Crippen molar-refractivity contribution in [2.45, 2.75) is 31.9 Å². The van der Waals surface area contributed by atoms with Crippen molar-refractivity contribution >= 4 is 47.3 Å². The van der Waals surface area contributed by atoms with Crippen LogP contribution in [0.2, 0.25) is 0 Å². The monoisotopic (exact) mass is 576 g/mol. The molecule has 2 heterocycles. The highest BCUT2D eigenvalue weighted by Crippen LogP contribution is 2.32. The standard InChI is InChI=1S/C22H27F3N6O.HI/c1-2-26-21(30-13-15-12-20(32)31-18-7-4-3-6-17(15)18)28-11-5-10-27-19-9-8-16(14-29-19)22(23,24)25;/h3-4,6-9,14-15H,2,5,10-13H2,1H3,(H,27,29)(H,31,32)(H2,26,28,30);1H. The summed E-state index contributed by atoms with van der Waals surface area (Å²) in [5, 5.41) is 12.3. The van der Waals surface area contributed by atoms with Crippen LogP contribution in [0.5, 0.6) is 0 Å². The molecule has 1 aromatic heterocycles. The Bertz CT molecular complexity index is 936. The minimum absolute atomic E-state index is 0. The number of guanidine groups is 1. The number of amides is 1. The fourth-order valence-corrected chi connectivity index (χ4v) is 3.39. The SMILES string of the molecule is CCNC(=NCC1CC(=O)Nc2ccccc21)NCCCNc1ccc(C(F)(F)F)cn1.I. The Kier molecular flexibility index (Phi) is 10.2. The van der Waals surface area contributed by atoms with Crippen LogP contribution in [-0.4, -0.2) is 43.0 Å². The number of aromatic nitrogens is 1. The molecule has 0 spiro atoms. The van der Waals surface area contributed by atoms with Gasteiger partial charge in [0, 0.05) is 43.9 Å². The molecule has 33 heavy (non-hydrogen) atoms. The average Bonchev–Trinajstić information content (AvgIpc) is 2.76. The number of aliphatic imine (C=N–C) groups is 1. The van der Waals surface area contributed by atoms with E-state index >= 15 is 0 Å². The molecule has 2 aromatic rings. The average molecular weight is 576 g/mol. The molecule has 1 atom stereocenters. The van der Waals surface area contributed by atoms with Crippen LogP contribution in [0.4, 0.5) is 24.7 Å². The molecule has 1 aliphatic rings. The molecule has 0 radical (unpaired) electrons. The molecule has 0 saturated heterocycles. The van der Waals surface area contributed by atoms with E-state index < -0.39 is 11.7 Å². The van der Waals surface area contributed by atoms with Gasteiger partial charge in [0.25, 0.3) is 0 Å². The Morgan fingerprint density at radius 1 is 1.18 bits per heavy atom. The van der Waals surface area contributed by atoms with E-state index in [-0.39, 0.29) is 35.8 Å². The molecule has 1 amide bonds. The third-order valence-corrected chi connectivity index (χ3v) is 4.96. The zero-order valence-electron chi connectivity index (χ0n) is 18.2. The predicted molar refractivity (Wildman–Crippen MR) is 134 cm³/mol. The summed E-state index contributed by atoms with van der Waals surface area (Å²) in [6.45, 7) is 4.30. The highest BCUT2D eigenvalue weighted by atomic mass is 127. The number of rotatable bonds is 8. The van der Waals surface area contributed by atoms with Gasteiger partial charge in [0.1, 0.15) is 5.82 Å². The van der Waals surface area contributed by atoms with Crippen molar-refractivity contribution in [1.29, 1.82) is 0 Å². The van der Waals surface area contributed by atoms with E-state index in [2.05, 4.69) is 31.2 Å². The van der Waals surface area contributed by atoms with Crippen LogP contribution >= 0.6 is 24.0 Å². The van der Waals surface area contributed by atoms with Gasteiger partial charge < -0.3 is 21.3 Å². The van der Waals surface area contributed by atoms with E-state index in [1.807, 2.05) is 31.2 Å². The number of alkyl halides is 3. The highest BCUT2D eigenvalue weighted by Gasteiger charge is 2.30. The summed E-state index contributed by atoms with van der Waals surface area (Å²) in [5.41, 5.74) is 1.15. The second kappa shape index (κ2) is 12.6. The Hall–Kier alpha value is -2.57. The molecule has 4 N–H and O–H groups in total. The van der Waals surface area contributed by atoms with Crippen molar-refractivity contribution in [3.05, 3.63) is 53.7 Å². The van der Waals surface area contributed by atoms with Crippen molar-refractivity contribution in [3.63, 3.8) is 0 Å². The summed E-state index contributed by atoms with van der Waals surface area (Å²) in [4.78, 5) is 20.4. The lowest BCUT2D eigenvalue weighted by atomic mass is 9.91. The van der Waals surface area contributed by atoms with Crippen LogP contribution < -0.4 is 21.3 Å². The van der Waals surface area contributed by atoms with E-state index in [1.165, 1.54) is 6.07 Å². The third kappa shape index (κ3) is 8.06. The number of nitrogens with zero attached hydrogens (tertiary/aromatic N) is 2. The van der Waals surface area contributed by atoms with Crippen LogP contribution in [0, 0.1) is 0 Å². The van der Waals surface area contributed by atoms with Crippen LogP contribution in [0.25, 0.3) is 0 Å². The number of hydrogen-bond donors (Lipinski definition) is 4. The van der Waals surface area contributed by atoms with Gasteiger partial charge in [0.05, 0.1) is 12.1 Å². The van der Waals surface area contributed by atoms with Gasteiger partial charge >= 0.3 is 6.18 Å². The van der Waals surface area contributed by atoms with Crippen LogP contribution in [0.1, 0.15) is 36.8 Å². The van der Waals surface area contributed by atoms with Gasteiger partial charge in [0.2, 0.25) is 5.91 Å². The van der Waals surface area contributed by atoms with Crippen molar-refractivity contribution < 1.29 is 18.0 Å². The predicted octanol–water partition coefficient (Wildman–Crippen LogP) is 4.20. The number of para-hydroxylation sites is 1. The smallest absolute Gasteiger partial charge is 0.370 e. The molecule has 7 nitrogen and oxygen atoms in total. The second-order valence-corrected chi connectivity index (χ2v) is 7.39. The maximum Gasteiger partial charge on any atom is 0.417 e. The van der Waals surface area contributed by atoms with E-state index in [0.717, 1.165) is 23.5 Å².